The van der Waals surface area contributed by atoms with E-state index in [1.807, 2.05) is 0 Å². The van der Waals surface area contributed by atoms with E-state index in [9.17, 15) is 35.5 Å². The van der Waals surface area contributed by atoms with Gasteiger partial charge in [0, 0.05) is 5.56 Å². The summed E-state index contributed by atoms with van der Waals surface area (Å²) in [6.07, 6.45) is -8.33. The molecular formula is C17H13F7N2O2. The van der Waals surface area contributed by atoms with Crippen molar-refractivity contribution in [2.75, 3.05) is 6.61 Å². The van der Waals surface area contributed by atoms with E-state index >= 15 is 0 Å². The van der Waals surface area contributed by atoms with E-state index in [1.54, 1.807) is 0 Å². The summed E-state index contributed by atoms with van der Waals surface area (Å²) in [5.74, 6) is -2.35. The van der Waals surface area contributed by atoms with Crippen molar-refractivity contribution in [3.05, 3.63) is 59.2 Å². The Morgan fingerprint density at radius 3 is 2.36 bits per heavy atom. The van der Waals surface area contributed by atoms with Gasteiger partial charge in [-0.15, -0.1) is 0 Å². The Bertz CT molecular complexity index is 833. The van der Waals surface area contributed by atoms with Crippen LogP contribution in [0.25, 0.3) is 0 Å². The van der Waals surface area contributed by atoms with Gasteiger partial charge < -0.3 is 10.1 Å². The van der Waals surface area contributed by atoms with E-state index in [0.29, 0.717) is 12.1 Å². The number of rotatable bonds is 5. The molecule has 0 bridgehead atoms. The number of nitrogens with zero attached hydrogens (tertiary/aromatic N) is 1. The molecule has 1 aromatic heterocycles. The number of amides is 1. The van der Waals surface area contributed by atoms with Gasteiger partial charge in [-0.2, -0.15) is 26.3 Å². The molecule has 28 heavy (non-hydrogen) atoms. The molecule has 4 nitrogen and oxygen atoms in total. The highest BCUT2D eigenvalue weighted by atomic mass is 19.4. The molecule has 1 aromatic carbocycles. The number of hydrogen-bond acceptors (Lipinski definition) is 3. The van der Waals surface area contributed by atoms with Crippen molar-refractivity contribution < 1.29 is 40.3 Å². The maximum absolute atomic E-state index is 13.4. The lowest BCUT2D eigenvalue weighted by atomic mass is 10.1. The number of nitrogens with one attached hydrogen (secondary N) is 1. The summed E-state index contributed by atoms with van der Waals surface area (Å²) >= 11 is 0. The average Bonchev–Trinajstić information content (AvgIpc) is 2.58. The average molecular weight is 410 g/mol. The molecule has 2 aromatic rings. The molecule has 0 saturated carbocycles. The molecule has 0 aliphatic carbocycles. The number of carbonyl (C=O) groups is 1. The molecule has 1 atom stereocenters. The number of ether oxygens (including phenoxy) is 1. The van der Waals surface area contributed by atoms with Gasteiger partial charge in [-0.3, -0.25) is 9.78 Å². The number of hydrogen-bond donors (Lipinski definition) is 1. The molecule has 0 aliphatic heterocycles. The van der Waals surface area contributed by atoms with Gasteiger partial charge in [-0.1, -0.05) is 0 Å². The summed E-state index contributed by atoms with van der Waals surface area (Å²) in [4.78, 5) is 16.0. The topological polar surface area (TPSA) is 51.2 Å². The molecule has 0 radical (unpaired) electrons. The van der Waals surface area contributed by atoms with Crippen molar-refractivity contribution >= 4 is 5.91 Å². The Morgan fingerprint density at radius 2 is 1.82 bits per heavy atom. The van der Waals surface area contributed by atoms with Crippen LogP contribution in [0, 0.1) is 5.82 Å². The molecule has 1 amide bonds. The van der Waals surface area contributed by atoms with Crippen molar-refractivity contribution in [3.63, 3.8) is 0 Å². The highest BCUT2D eigenvalue weighted by Gasteiger charge is 2.32. The van der Waals surface area contributed by atoms with Crippen LogP contribution in [0.15, 0.2) is 36.5 Å². The van der Waals surface area contributed by atoms with Crippen LogP contribution in [0.1, 0.15) is 34.6 Å². The number of carbonyl (C=O) groups excluding carboxylic acids is 1. The number of halogens is 7. The number of benzene rings is 1. The van der Waals surface area contributed by atoms with Crippen LogP contribution in [0.2, 0.25) is 0 Å². The van der Waals surface area contributed by atoms with Crippen LogP contribution < -0.4 is 10.1 Å². The predicted molar refractivity (Wildman–Crippen MR) is 83.1 cm³/mol. The lowest BCUT2D eigenvalue weighted by Crippen LogP contribution is -2.27. The molecular weight excluding hydrogens is 397 g/mol. The zero-order chi connectivity index (χ0) is 21.1. The van der Waals surface area contributed by atoms with E-state index in [0.717, 1.165) is 6.20 Å². The summed E-state index contributed by atoms with van der Waals surface area (Å²) in [6.45, 7) is -0.0537. The monoisotopic (exact) mass is 410 g/mol. The van der Waals surface area contributed by atoms with Gasteiger partial charge in [0.05, 0.1) is 23.5 Å². The Kier molecular flexibility index (Phi) is 6.15. The van der Waals surface area contributed by atoms with Gasteiger partial charge in [0.25, 0.3) is 5.91 Å². The Morgan fingerprint density at radius 1 is 1.14 bits per heavy atom. The molecule has 0 aliphatic rings. The smallest absolute Gasteiger partial charge is 0.422 e. The summed E-state index contributed by atoms with van der Waals surface area (Å²) in [7, 11) is 0. The summed E-state index contributed by atoms with van der Waals surface area (Å²) in [6, 6.07) is 3.08. The minimum Gasteiger partial charge on any atom is -0.483 e. The van der Waals surface area contributed by atoms with Crippen LogP contribution in [0.4, 0.5) is 30.7 Å². The SMILES string of the molecule is C[C@@H](NC(=O)c1cc(F)cc(C(F)(F)F)c1)c1ccc(OCC(F)(F)F)cn1. The normalized spacial score (nSPS) is 13.1. The minimum atomic E-state index is -4.82. The van der Waals surface area contributed by atoms with Crippen LogP contribution >= 0.6 is 0 Å². The van der Waals surface area contributed by atoms with Crippen LogP contribution in [-0.4, -0.2) is 23.7 Å². The van der Waals surface area contributed by atoms with Crippen molar-refractivity contribution in [2.24, 2.45) is 0 Å². The van der Waals surface area contributed by atoms with Crippen molar-refractivity contribution in [2.45, 2.75) is 25.3 Å². The summed E-state index contributed by atoms with van der Waals surface area (Å²) in [5, 5.41) is 2.34. The second-order valence-corrected chi connectivity index (χ2v) is 5.74. The van der Waals surface area contributed by atoms with Gasteiger partial charge in [0.2, 0.25) is 0 Å². The standard InChI is InChI=1S/C17H13F7N2O2/c1-9(14-3-2-13(7-25-14)28-8-16(19,20)21)26-15(27)10-4-11(17(22,23)24)6-12(18)5-10/h2-7,9H,8H2,1H3,(H,26,27)/t9-/m1/s1. The second kappa shape index (κ2) is 8.03. The second-order valence-electron chi connectivity index (χ2n) is 5.74. The predicted octanol–water partition coefficient (Wildman–Crippen LogP) is 4.67. The molecule has 0 saturated heterocycles. The zero-order valence-corrected chi connectivity index (χ0v) is 14.2. The fourth-order valence-electron chi connectivity index (χ4n) is 2.14. The molecule has 1 heterocycles. The van der Waals surface area contributed by atoms with Crippen LogP contribution in [0.5, 0.6) is 5.75 Å². The maximum Gasteiger partial charge on any atom is 0.422 e. The fraction of sp³-hybridized carbons (Fsp3) is 0.294. The maximum atomic E-state index is 13.4. The fourth-order valence-corrected chi connectivity index (χ4v) is 2.14. The summed E-state index contributed by atoms with van der Waals surface area (Å²) < 4.78 is 92.3. The number of aromatic nitrogens is 1. The van der Waals surface area contributed by atoms with E-state index in [4.69, 9.17) is 0 Å². The van der Waals surface area contributed by atoms with Crippen molar-refractivity contribution in [1.82, 2.24) is 10.3 Å². The van der Waals surface area contributed by atoms with Gasteiger partial charge in [-0.05, 0) is 37.3 Å². The van der Waals surface area contributed by atoms with Crippen molar-refractivity contribution in [3.8, 4) is 5.75 Å². The Hall–Kier alpha value is -2.85. The van der Waals surface area contributed by atoms with Gasteiger partial charge in [0.15, 0.2) is 6.61 Å². The van der Waals surface area contributed by atoms with Crippen molar-refractivity contribution in [1.29, 1.82) is 0 Å². The minimum absolute atomic E-state index is 0.153. The first-order valence-electron chi connectivity index (χ1n) is 7.69. The molecule has 2 rings (SSSR count). The van der Waals surface area contributed by atoms with Crippen LogP contribution in [-0.2, 0) is 6.18 Å². The van der Waals surface area contributed by atoms with Gasteiger partial charge >= 0.3 is 12.4 Å². The third-order valence-corrected chi connectivity index (χ3v) is 3.44. The highest BCUT2D eigenvalue weighted by molar-refractivity contribution is 5.94. The Labute approximate surface area is 154 Å². The first-order valence-corrected chi connectivity index (χ1v) is 7.69. The quantitative estimate of drug-likeness (QED) is 0.729. The van der Waals surface area contributed by atoms with Crippen LogP contribution in [0.3, 0.4) is 0 Å². The first kappa shape index (κ1) is 21.5. The third-order valence-electron chi connectivity index (χ3n) is 3.44. The number of alkyl halides is 6. The lowest BCUT2D eigenvalue weighted by molar-refractivity contribution is -0.153. The summed E-state index contributed by atoms with van der Waals surface area (Å²) in [5.41, 5.74) is -1.64. The Balaban J connectivity index is 2.07. The molecule has 152 valence electrons. The number of pyridine rings is 1. The molecule has 0 unspecified atom stereocenters. The lowest BCUT2D eigenvalue weighted by Gasteiger charge is -2.15. The van der Waals surface area contributed by atoms with E-state index in [-0.39, 0.29) is 17.5 Å². The van der Waals surface area contributed by atoms with Gasteiger partial charge in [0.1, 0.15) is 11.6 Å². The van der Waals surface area contributed by atoms with Gasteiger partial charge in [-0.25, -0.2) is 4.39 Å². The largest absolute Gasteiger partial charge is 0.483 e. The molecule has 0 spiro atoms. The third kappa shape index (κ3) is 6.10. The van der Waals surface area contributed by atoms with E-state index < -0.39 is 47.9 Å². The highest BCUT2D eigenvalue weighted by Crippen LogP contribution is 2.30. The molecule has 0 fully saturated rings. The molecule has 1 N–H and O–H groups in total. The molecule has 11 heteroatoms. The van der Waals surface area contributed by atoms with E-state index in [2.05, 4.69) is 15.0 Å². The zero-order valence-electron chi connectivity index (χ0n) is 14.2. The first-order chi connectivity index (χ1) is 12.8. The van der Waals surface area contributed by atoms with E-state index in [1.165, 1.54) is 19.1 Å².